The summed E-state index contributed by atoms with van der Waals surface area (Å²) in [4.78, 5) is 13.8. The minimum atomic E-state index is 0.150. The Kier molecular flexibility index (Phi) is 5.15. The van der Waals surface area contributed by atoms with Gasteiger partial charge < -0.3 is 4.42 Å². The van der Waals surface area contributed by atoms with Gasteiger partial charge in [-0.2, -0.15) is 9.97 Å². The van der Waals surface area contributed by atoms with Crippen LogP contribution in [-0.2, 0) is 0 Å². The number of rotatable bonds is 3. The first kappa shape index (κ1) is 22.9. The fourth-order valence-corrected chi connectivity index (χ4v) is 5.65. The summed E-state index contributed by atoms with van der Waals surface area (Å²) in [5.74, 6) is 1.04. The van der Waals surface area contributed by atoms with Gasteiger partial charge in [-0.05, 0) is 74.6 Å². The summed E-state index contributed by atoms with van der Waals surface area (Å²) >= 11 is 6.46. The van der Waals surface area contributed by atoms with Crippen LogP contribution in [0.5, 0.6) is 0 Å². The molecule has 5 heteroatoms. The minimum Gasteiger partial charge on any atom is -0.456 e. The molecule has 0 aliphatic carbocycles. The van der Waals surface area contributed by atoms with E-state index < -0.39 is 0 Å². The van der Waals surface area contributed by atoms with Crippen LogP contribution in [0, 0.1) is 0 Å². The van der Waals surface area contributed by atoms with Crippen LogP contribution in [0.15, 0.2) is 126 Å². The standard InChI is InChI=1S/C35H20ClN3O/c36-35-38-33(27-15-13-22-7-2-4-9-24(22)19-27)37-34(39-35)29-10-5-11-30-32(29)28-17-16-26(20-31(28)40-30)25-14-12-21-6-1-3-8-23(21)18-25/h1-20H. The Bertz CT molecular complexity index is 2250. The molecule has 2 aromatic heterocycles. The summed E-state index contributed by atoms with van der Waals surface area (Å²) in [6.45, 7) is 0. The molecule has 0 aliphatic rings. The third-order valence-corrected chi connectivity index (χ3v) is 7.61. The Morgan fingerprint density at radius 1 is 0.475 bits per heavy atom. The average Bonchev–Trinajstić information content (AvgIpc) is 3.38. The lowest BCUT2D eigenvalue weighted by Crippen LogP contribution is -1.97. The Labute approximate surface area is 234 Å². The van der Waals surface area contributed by atoms with E-state index >= 15 is 0 Å². The van der Waals surface area contributed by atoms with Crippen LogP contribution in [0.25, 0.3) is 77.4 Å². The molecule has 0 radical (unpaired) electrons. The van der Waals surface area contributed by atoms with E-state index in [1.54, 1.807) is 0 Å². The first-order valence-corrected chi connectivity index (χ1v) is 13.4. The van der Waals surface area contributed by atoms with Gasteiger partial charge in [-0.3, -0.25) is 0 Å². The fraction of sp³-hybridized carbons (Fsp3) is 0. The largest absolute Gasteiger partial charge is 0.456 e. The van der Waals surface area contributed by atoms with Gasteiger partial charge in [0.1, 0.15) is 11.2 Å². The first-order chi connectivity index (χ1) is 19.7. The molecule has 0 bridgehead atoms. The summed E-state index contributed by atoms with van der Waals surface area (Å²) < 4.78 is 6.35. The smallest absolute Gasteiger partial charge is 0.226 e. The molecule has 188 valence electrons. The molecule has 8 aromatic rings. The van der Waals surface area contributed by atoms with Crippen molar-refractivity contribution in [3.8, 4) is 33.9 Å². The highest BCUT2D eigenvalue weighted by atomic mass is 35.5. The van der Waals surface area contributed by atoms with Crippen LogP contribution >= 0.6 is 11.6 Å². The highest BCUT2D eigenvalue weighted by Gasteiger charge is 2.17. The maximum Gasteiger partial charge on any atom is 0.226 e. The second-order valence-electron chi connectivity index (χ2n) is 9.87. The predicted molar refractivity (Wildman–Crippen MR) is 163 cm³/mol. The van der Waals surface area contributed by atoms with Crippen LogP contribution < -0.4 is 0 Å². The third-order valence-electron chi connectivity index (χ3n) is 7.44. The molecule has 0 atom stereocenters. The lowest BCUT2D eigenvalue weighted by Gasteiger charge is -2.07. The number of aromatic nitrogens is 3. The average molecular weight is 534 g/mol. The Balaban J connectivity index is 1.26. The van der Waals surface area contributed by atoms with E-state index in [0.717, 1.165) is 55.0 Å². The van der Waals surface area contributed by atoms with Gasteiger partial charge in [-0.1, -0.05) is 91.0 Å². The number of fused-ring (bicyclic) bond motifs is 5. The summed E-state index contributed by atoms with van der Waals surface area (Å²) in [7, 11) is 0. The van der Waals surface area contributed by atoms with Crippen molar-refractivity contribution >= 4 is 55.1 Å². The zero-order chi connectivity index (χ0) is 26.6. The number of hydrogen-bond donors (Lipinski definition) is 0. The van der Waals surface area contributed by atoms with Crippen molar-refractivity contribution in [2.75, 3.05) is 0 Å². The molecule has 0 spiro atoms. The number of nitrogens with zero attached hydrogens (tertiary/aromatic N) is 3. The summed E-state index contributed by atoms with van der Waals surface area (Å²) in [6.07, 6.45) is 0. The van der Waals surface area contributed by atoms with Crippen molar-refractivity contribution in [2.24, 2.45) is 0 Å². The maximum absolute atomic E-state index is 6.46. The lowest BCUT2D eigenvalue weighted by atomic mass is 9.99. The number of furan rings is 1. The van der Waals surface area contributed by atoms with Crippen molar-refractivity contribution in [2.45, 2.75) is 0 Å². The van der Waals surface area contributed by atoms with Crippen LogP contribution in [0.1, 0.15) is 0 Å². The number of halogens is 1. The Hall–Kier alpha value is -5.06. The molecule has 4 nitrogen and oxygen atoms in total. The maximum atomic E-state index is 6.46. The molecule has 0 N–H and O–H groups in total. The van der Waals surface area contributed by atoms with Crippen molar-refractivity contribution in [1.29, 1.82) is 0 Å². The molecule has 40 heavy (non-hydrogen) atoms. The topological polar surface area (TPSA) is 51.8 Å². The van der Waals surface area contributed by atoms with Gasteiger partial charge in [0, 0.05) is 21.9 Å². The number of benzene rings is 6. The van der Waals surface area contributed by atoms with Crippen LogP contribution in [-0.4, -0.2) is 15.0 Å². The Morgan fingerprint density at radius 2 is 1.10 bits per heavy atom. The van der Waals surface area contributed by atoms with E-state index in [-0.39, 0.29) is 5.28 Å². The Morgan fingerprint density at radius 3 is 1.88 bits per heavy atom. The zero-order valence-electron chi connectivity index (χ0n) is 21.2. The monoisotopic (exact) mass is 533 g/mol. The quantitative estimate of drug-likeness (QED) is 0.227. The molecule has 0 fully saturated rings. The van der Waals surface area contributed by atoms with Gasteiger partial charge in [0.15, 0.2) is 11.6 Å². The van der Waals surface area contributed by atoms with Crippen molar-refractivity contribution < 1.29 is 4.42 Å². The van der Waals surface area contributed by atoms with Gasteiger partial charge in [0.05, 0.1) is 0 Å². The van der Waals surface area contributed by atoms with Gasteiger partial charge >= 0.3 is 0 Å². The number of hydrogen-bond acceptors (Lipinski definition) is 4. The van der Waals surface area contributed by atoms with E-state index in [1.807, 2.05) is 36.4 Å². The molecular formula is C35H20ClN3O. The molecule has 6 aromatic carbocycles. The molecule has 0 aliphatic heterocycles. The van der Waals surface area contributed by atoms with Gasteiger partial charge in [0.2, 0.25) is 5.28 Å². The lowest BCUT2D eigenvalue weighted by molar-refractivity contribution is 0.669. The van der Waals surface area contributed by atoms with E-state index in [0.29, 0.717) is 11.6 Å². The summed E-state index contributed by atoms with van der Waals surface area (Å²) in [5.41, 5.74) is 5.55. The normalized spacial score (nSPS) is 11.6. The van der Waals surface area contributed by atoms with E-state index in [9.17, 15) is 0 Å². The molecule has 0 amide bonds. The molecule has 8 rings (SSSR count). The highest BCUT2D eigenvalue weighted by Crippen LogP contribution is 2.38. The summed E-state index contributed by atoms with van der Waals surface area (Å²) in [6, 6.07) is 41.6. The van der Waals surface area contributed by atoms with Gasteiger partial charge in [-0.15, -0.1) is 0 Å². The van der Waals surface area contributed by atoms with Gasteiger partial charge in [0.25, 0.3) is 0 Å². The third kappa shape index (κ3) is 3.81. The predicted octanol–water partition coefficient (Wildman–Crippen LogP) is 9.73. The van der Waals surface area contributed by atoms with Crippen LogP contribution in [0.4, 0.5) is 0 Å². The molecule has 0 saturated heterocycles. The molecule has 2 heterocycles. The van der Waals surface area contributed by atoms with Gasteiger partial charge in [-0.25, -0.2) is 4.98 Å². The molecular weight excluding hydrogens is 514 g/mol. The van der Waals surface area contributed by atoms with Crippen molar-refractivity contribution in [3.05, 3.63) is 127 Å². The molecule has 0 unspecified atom stereocenters. The SMILES string of the molecule is Clc1nc(-c2ccc3ccccc3c2)nc(-c2cccc3oc4cc(-c5ccc6ccccc6c5)ccc4c23)n1. The van der Waals surface area contributed by atoms with E-state index in [4.69, 9.17) is 21.0 Å². The van der Waals surface area contributed by atoms with Crippen LogP contribution in [0.3, 0.4) is 0 Å². The van der Waals surface area contributed by atoms with E-state index in [2.05, 4.69) is 94.9 Å². The van der Waals surface area contributed by atoms with Crippen molar-refractivity contribution in [3.63, 3.8) is 0 Å². The van der Waals surface area contributed by atoms with Crippen LogP contribution in [0.2, 0.25) is 5.28 Å². The fourth-order valence-electron chi connectivity index (χ4n) is 5.49. The second kappa shape index (κ2) is 9.01. The zero-order valence-corrected chi connectivity index (χ0v) is 21.9. The second-order valence-corrected chi connectivity index (χ2v) is 10.2. The first-order valence-electron chi connectivity index (χ1n) is 13.1. The highest BCUT2D eigenvalue weighted by molar-refractivity contribution is 6.28. The summed E-state index contributed by atoms with van der Waals surface area (Å²) in [5, 5.41) is 6.80. The van der Waals surface area contributed by atoms with E-state index in [1.165, 1.54) is 10.8 Å². The minimum absolute atomic E-state index is 0.150. The molecule has 0 saturated carbocycles. The van der Waals surface area contributed by atoms with Crippen molar-refractivity contribution in [1.82, 2.24) is 15.0 Å².